The summed E-state index contributed by atoms with van der Waals surface area (Å²) in [5, 5.41) is 0.477. The van der Waals surface area contributed by atoms with E-state index in [9.17, 15) is 4.79 Å². The monoisotopic (exact) mass is 353 g/mol. The number of carbonyl (C=O) groups is 1. The van der Waals surface area contributed by atoms with Gasteiger partial charge in [0, 0.05) is 24.5 Å². The minimum absolute atomic E-state index is 0.0282. The van der Waals surface area contributed by atoms with Crippen LogP contribution in [0.4, 0.5) is 0 Å². The maximum absolute atomic E-state index is 12.6. The van der Waals surface area contributed by atoms with Crippen LogP contribution in [-0.4, -0.2) is 26.9 Å². The number of nitrogens with zero attached hydrogens (tertiary/aromatic N) is 3. The van der Waals surface area contributed by atoms with Gasteiger partial charge in [0.1, 0.15) is 0 Å². The van der Waals surface area contributed by atoms with E-state index in [1.807, 2.05) is 40.8 Å². The van der Waals surface area contributed by atoms with E-state index in [1.54, 1.807) is 0 Å². The maximum Gasteiger partial charge on any atom is 0.255 e. The molecule has 1 aliphatic heterocycles. The Labute approximate surface area is 130 Å². The summed E-state index contributed by atoms with van der Waals surface area (Å²) < 4.78 is 2.66. The molecule has 20 heavy (non-hydrogen) atoms. The highest BCUT2D eigenvalue weighted by Gasteiger charge is 2.26. The van der Waals surface area contributed by atoms with Gasteiger partial charge in [0.2, 0.25) is 5.28 Å². The van der Waals surface area contributed by atoms with E-state index in [0.29, 0.717) is 23.9 Å². The summed E-state index contributed by atoms with van der Waals surface area (Å²) >= 11 is 9.46. The summed E-state index contributed by atoms with van der Waals surface area (Å²) in [6.07, 6.45) is 0.742. The van der Waals surface area contributed by atoms with Gasteiger partial charge < -0.3 is 9.47 Å². The van der Waals surface area contributed by atoms with E-state index in [-0.39, 0.29) is 5.91 Å². The Morgan fingerprint density at radius 2 is 2.15 bits per heavy atom. The van der Waals surface area contributed by atoms with Crippen LogP contribution in [-0.2, 0) is 20.0 Å². The minimum Gasteiger partial charge on any atom is -0.332 e. The van der Waals surface area contributed by atoms with E-state index in [2.05, 4.69) is 20.9 Å². The number of benzene rings is 1. The quantitative estimate of drug-likeness (QED) is 0.789. The molecule has 2 aromatic rings. The third-order valence-electron chi connectivity index (χ3n) is 3.59. The molecule has 0 fully saturated rings. The van der Waals surface area contributed by atoms with Gasteiger partial charge in [-0.15, -0.1) is 0 Å². The number of hydrogen-bond donors (Lipinski definition) is 0. The maximum atomic E-state index is 12.6. The summed E-state index contributed by atoms with van der Waals surface area (Å²) in [6.45, 7) is 1.21. The Morgan fingerprint density at radius 3 is 2.90 bits per heavy atom. The summed E-state index contributed by atoms with van der Waals surface area (Å²) in [5.41, 5.74) is 2.69. The minimum atomic E-state index is 0.0282. The summed E-state index contributed by atoms with van der Waals surface area (Å²) in [4.78, 5) is 18.7. The molecule has 0 aliphatic carbocycles. The van der Waals surface area contributed by atoms with Crippen molar-refractivity contribution >= 4 is 33.4 Å². The second kappa shape index (κ2) is 5.22. The van der Waals surface area contributed by atoms with Crippen LogP contribution in [0, 0.1) is 0 Å². The Bertz CT molecular complexity index is 683. The smallest absolute Gasteiger partial charge is 0.255 e. The molecular weight excluding hydrogens is 342 g/mol. The van der Waals surface area contributed by atoms with Gasteiger partial charge >= 0.3 is 0 Å². The van der Waals surface area contributed by atoms with Crippen LogP contribution < -0.4 is 0 Å². The normalized spacial score (nSPS) is 14.2. The number of fused-ring (bicyclic) bond motifs is 1. The van der Waals surface area contributed by atoms with Crippen LogP contribution in [0.2, 0.25) is 5.28 Å². The molecule has 6 heteroatoms. The number of imidazole rings is 1. The molecule has 1 aliphatic rings. The highest BCUT2D eigenvalue weighted by molar-refractivity contribution is 9.10. The Balaban J connectivity index is 1.89. The van der Waals surface area contributed by atoms with Crippen LogP contribution in [0.3, 0.4) is 0 Å². The molecular formula is C14H13BrClN3O. The summed E-state index contributed by atoms with van der Waals surface area (Å²) in [7, 11) is 1.88. The molecule has 0 spiro atoms. The molecule has 0 radical (unpaired) electrons. The van der Waals surface area contributed by atoms with Crippen molar-refractivity contribution in [1.29, 1.82) is 0 Å². The molecule has 1 amide bonds. The van der Waals surface area contributed by atoms with Crippen molar-refractivity contribution in [3.8, 4) is 0 Å². The van der Waals surface area contributed by atoms with Gasteiger partial charge in [-0.05, 0) is 39.7 Å². The third-order valence-corrected chi connectivity index (χ3v) is 4.62. The van der Waals surface area contributed by atoms with E-state index >= 15 is 0 Å². The lowest BCUT2D eigenvalue weighted by Crippen LogP contribution is -2.36. The third kappa shape index (κ3) is 2.25. The molecule has 0 saturated carbocycles. The van der Waals surface area contributed by atoms with Crippen molar-refractivity contribution in [1.82, 2.24) is 14.5 Å². The predicted molar refractivity (Wildman–Crippen MR) is 80.8 cm³/mol. The summed E-state index contributed by atoms with van der Waals surface area (Å²) in [5.74, 6) is 0.0282. The fourth-order valence-electron chi connectivity index (χ4n) is 2.43. The van der Waals surface area contributed by atoms with E-state index < -0.39 is 0 Å². The van der Waals surface area contributed by atoms with Crippen LogP contribution in [0.1, 0.15) is 21.7 Å². The molecule has 0 bridgehead atoms. The molecule has 3 rings (SSSR count). The lowest BCUT2D eigenvalue weighted by molar-refractivity contribution is 0.0729. The molecule has 0 saturated heterocycles. The molecule has 2 heterocycles. The molecule has 1 aromatic heterocycles. The van der Waals surface area contributed by atoms with Gasteiger partial charge in [0.25, 0.3) is 5.91 Å². The average Bonchev–Trinajstić information content (AvgIpc) is 2.74. The van der Waals surface area contributed by atoms with E-state index in [1.165, 1.54) is 0 Å². The van der Waals surface area contributed by atoms with Gasteiger partial charge in [-0.3, -0.25) is 4.79 Å². The van der Waals surface area contributed by atoms with Crippen molar-refractivity contribution in [3.63, 3.8) is 0 Å². The first-order valence-corrected chi connectivity index (χ1v) is 7.49. The van der Waals surface area contributed by atoms with Crippen molar-refractivity contribution < 1.29 is 4.79 Å². The van der Waals surface area contributed by atoms with Crippen molar-refractivity contribution in [2.75, 3.05) is 6.54 Å². The van der Waals surface area contributed by atoms with Gasteiger partial charge in [-0.2, -0.15) is 0 Å². The van der Waals surface area contributed by atoms with Crippen LogP contribution >= 0.6 is 27.5 Å². The van der Waals surface area contributed by atoms with E-state index in [0.717, 1.165) is 22.3 Å². The lowest BCUT2D eigenvalue weighted by atomic mass is 10.1. The fourth-order valence-corrected chi connectivity index (χ4v) is 3.09. The second-order valence-corrected chi connectivity index (χ2v) is 5.98. The largest absolute Gasteiger partial charge is 0.332 e. The lowest BCUT2D eigenvalue weighted by Gasteiger charge is -2.27. The summed E-state index contributed by atoms with van der Waals surface area (Å²) in [6, 6.07) is 7.48. The molecule has 4 nitrogen and oxygen atoms in total. The first-order valence-electron chi connectivity index (χ1n) is 6.31. The van der Waals surface area contributed by atoms with Crippen LogP contribution in [0.5, 0.6) is 0 Å². The van der Waals surface area contributed by atoms with Gasteiger partial charge in [-0.25, -0.2) is 4.98 Å². The Kier molecular flexibility index (Phi) is 3.56. The topological polar surface area (TPSA) is 38.1 Å². The van der Waals surface area contributed by atoms with Crippen molar-refractivity contribution in [2.24, 2.45) is 7.05 Å². The number of amides is 1. The highest BCUT2D eigenvalue weighted by atomic mass is 79.9. The fraction of sp³-hybridized carbons (Fsp3) is 0.286. The molecule has 0 N–H and O–H groups in total. The Hall–Kier alpha value is -1.33. The molecule has 0 unspecified atom stereocenters. The van der Waals surface area contributed by atoms with Gasteiger partial charge in [0.05, 0.1) is 23.5 Å². The first kappa shape index (κ1) is 13.6. The molecule has 0 atom stereocenters. The first-order chi connectivity index (χ1) is 9.58. The molecule has 104 valence electrons. The van der Waals surface area contributed by atoms with Crippen molar-refractivity contribution in [3.05, 3.63) is 51.0 Å². The number of hydrogen-bond acceptors (Lipinski definition) is 2. The number of carbonyl (C=O) groups excluding carboxylic acids is 1. The zero-order valence-corrected chi connectivity index (χ0v) is 13.3. The van der Waals surface area contributed by atoms with Gasteiger partial charge in [0.15, 0.2) is 0 Å². The zero-order valence-electron chi connectivity index (χ0n) is 10.9. The Morgan fingerprint density at radius 1 is 1.40 bits per heavy atom. The van der Waals surface area contributed by atoms with Gasteiger partial charge in [-0.1, -0.05) is 12.1 Å². The zero-order chi connectivity index (χ0) is 14.3. The van der Waals surface area contributed by atoms with Crippen LogP contribution in [0.25, 0.3) is 0 Å². The number of aromatic nitrogens is 2. The second-order valence-electron chi connectivity index (χ2n) is 4.79. The number of rotatable bonds is 1. The van der Waals surface area contributed by atoms with E-state index in [4.69, 9.17) is 11.6 Å². The predicted octanol–water partition coefficient (Wildman–Crippen LogP) is 3.03. The number of halogens is 2. The highest BCUT2D eigenvalue weighted by Crippen LogP contribution is 2.25. The van der Waals surface area contributed by atoms with Crippen molar-refractivity contribution in [2.45, 2.75) is 13.0 Å². The standard InChI is InChI=1S/C14H13BrClN3O/c1-18-12-8-19(7-6-11(12)17-14(18)16)13(20)9-4-2-3-5-10(9)15/h2-5H,6-8H2,1H3. The molecule has 1 aromatic carbocycles. The van der Waals surface area contributed by atoms with Crippen LogP contribution in [0.15, 0.2) is 28.7 Å². The average molecular weight is 355 g/mol. The SMILES string of the molecule is Cn1c(Cl)nc2c1CN(C(=O)c1ccccc1Br)CC2.